The number of fused-ring (bicyclic) bond motifs is 1. The summed E-state index contributed by atoms with van der Waals surface area (Å²) in [7, 11) is -2.84. The zero-order valence-electron chi connectivity index (χ0n) is 9.81. The third kappa shape index (κ3) is 2.02. The molecule has 0 aliphatic carbocycles. The lowest BCUT2D eigenvalue weighted by molar-refractivity contribution is -0.115. The van der Waals surface area contributed by atoms with Crippen molar-refractivity contribution in [2.24, 2.45) is 0 Å². The van der Waals surface area contributed by atoms with Crippen molar-refractivity contribution in [1.82, 2.24) is 0 Å². The number of ketones is 1. The largest absolute Gasteiger partial charge is 0.325 e. The van der Waals surface area contributed by atoms with Gasteiger partial charge in [0.2, 0.25) is 5.91 Å². The highest BCUT2D eigenvalue weighted by Crippen LogP contribution is 2.31. The Labute approximate surface area is 104 Å². The predicted molar refractivity (Wildman–Crippen MR) is 63.0 cm³/mol. The maximum Gasteiger partial charge on any atom is 0.296 e. The van der Waals surface area contributed by atoms with Gasteiger partial charge in [-0.2, -0.15) is 8.42 Å². The first-order chi connectivity index (χ1) is 8.35. The van der Waals surface area contributed by atoms with Crippen LogP contribution in [0.15, 0.2) is 17.0 Å². The van der Waals surface area contributed by atoms with Gasteiger partial charge in [-0.05, 0) is 24.6 Å². The lowest BCUT2D eigenvalue weighted by Crippen LogP contribution is -2.08. The molecule has 0 unspecified atom stereocenters. The van der Waals surface area contributed by atoms with E-state index in [2.05, 4.69) is 9.50 Å². The lowest BCUT2D eigenvalue weighted by atomic mass is 10.0. The van der Waals surface area contributed by atoms with Crippen molar-refractivity contribution in [3.05, 3.63) is 23.3 Å². The van der Waals surface area contributed by atoms with Gasteiger partial charge < -0.3 is 5.32 Å². The van der Waals surface area contributed by atoms with Gasteiger partial charge >= 0.3 is 0 Å². The molecular formula is C11H11NO5S. The van der Waals surface area contributed by atoms with E-state index in [1.165, 1.54) is 19.1 Å². The number of carbonyl (C=O) groups excluding carboxylic acids is 2. The van der Waals surface area contributed by atoms with Crippen LogP contribution in [0.5, 0.6) is 0 Å². The van der Waals surface area contributed by atoms with Crippen LogP contribution in [0.4, 0.5) is 5.69 Å². The lowest BCUT2D eigenvalue weighted by Gasteiger charge is -2.08. The smallest absolute Gasteiger partial charge is 0.296 e. The molecule has 1 heterocycles. The van der Waals surface area contributed by atoms with E-state index in [0.717, 1.165) is 7.11 Å². The van der Waals surface area contributed by atoms with Crippen molar-refractivity contribution in [2.75, 3.05) is 12.4 Å². The van der Waals surface area contributed by atoms with Crippen LogP contribution in [0.3, 0.4) is 0 Å². The van der Waals surface area contributed by atoms with E-state index in [1.54, 1.807) is 0 Å². The number of rotatable bonds is 3. The normalized spacial score (nSPS) is 14.2. The summed E-state index contributed by atoms with van der Waals surface area (Å²) in [6.07, 6.45) is 0.0582. The van der Waals surface area contributed by atoms with Crippen LogP contribution in [-0.4, -0.2) is 27.2 Å². The minimum Gasteiger partial charge on any atom is -0.325 e. The molecule has 0 saturated carbocycles. The van der Waals surface area contributed by atoms with Crippen molar-refractivity contribution >= 4 is 27.5 Å². The summed E-state index contributed by atoms with van der Waals surface area (Å²) in [6, 6.07) is 2.56. The van der Waals surface area contributed by atoms with Crippen LogP contribution in [0.25, 0.3) is 0 Å². The fourth-order valence-corrected chi connectivity index (χ4v) is 2.58. The maximum atomic E-state index is 11.6. The van der Waals surface area contributed by atoms with Gasteiger partial charge in [0, 0.05) is 5.56 Å². The molecule has 2 rings (SSSR count). The summed E-state index contributed by atoms with van der Waals surface area (Å²) in [5.74, 6) is -0.582. The van der Waals surface area contributed by atoms with E-state index < -0.39 is 10.1 Å². The Hall–Kier alpha value is -1.73. The van der Waals surface area contributed by atoms with E-state index in [-0.39, 0.29) is 28.6 Å². The summed E-state index contributed by atoms with van der Waals surface area (Å²) in [6.45, 7) is 1.31. The number of hydrogen-bond donors (Lipinski definition) is 1. The third-order valence-electron chi connectivity index (χ3n) is 2.70. The molecule has 18 heavy (non-hydrogen) atoms. The first-order valence-electron chi connectivity index (χ1n) is 5.13. The molecule has 6 nitrogen and oxygen atoms in total. The molecule has 1 aromatic carbocycles. The van der Waals surface area contributed by atoms with Gasteiger partial charge in [-0.25, -0.2) is 0 Å². The summed E-state index contributed by atoms with van der Waals surface area (Å²) in [4.78, 5) is 22.7. The van der Waals surface area contributed by atoms with E-state index in [0.29, 0.717) is 11.3 Å². The molecule has 0 fully saturated rings. The van der Waals surface area contributed by atoms with Crippen LogP contribution < -0.4 is 5.32 Å². The number of nitrogens with one attached hydrogen (secondary N) is 1. The van der Waals surface area contributed by atoms with Crippen LogP contribution in [0, 0.1) is 0 Å². The van der Waals surface area contributed by atoms with E-state index in [9.17, 15) is 18.0 Å². The molecule has 0 spiro atoms. The van der Waals surface area contributed by atoms with Crippen LogP contribution >= 0.6 is 0 Å². The highest BCUT2D eigenvalue weighted by Gasteiger charge is 2.26. The summed E-state index contributed by atoms with van der Waals surface area (Å²) in [5.41, 5.74) is 1.06. The molecule has 1 amide bonds. The second kappa shape index (κ2) is 4.18. The van der Waals surface area contributed by atoms with E-state index >= 15 is 0 Å². The van der Waals surface area contributed by atoms with Gasteiger partial charge in [-0.1, -0.05) is 0 Å². The first kappa shape index (κ1) is 12.7. The maximum absolute atomic E-state index is 11.6. The van der Waals surface area contributed by atoms with E-state index in [4.69, 9.17) is 0 Å². The minimum absolute atomic E-state index is 0.0582. The van der Waals surface area contributed by atoms with Gasteiger partial charge in [0.1, 0.15) is 0 Å². The zero-order valence-corrected chi connectivity index (χ0v) is 10.6. The minimum atomic E-state index is -3.88. The van der Waals surface area contributed by atoms with Crippen molar-refractivity contribution in [1.29, 1.82) is 0 Å². The Morgan fingerprint density at radius 2 is 2.06 bits per heavy atom. The van der Waals surface area contributed by atoms with Crippen LogP contribution in [-0.2, 0) is 25.5 Å². The first-order valence-corrected chi connectivity index (χ1v) is 6.54. The topological polar surface area (TPSA) is 89.5 Å². The van der Waals surface area contributed by atoms with Gasteiger partial charge in [0.05, 0.1) is 24.1 Å². The number of amides is 1. The molecular weight excluding hydrogens is 258 g/mol. The fraction of sp³-hybridized carbons (Fsp3) is 0.273. The van der Waals surface area contributed by atoms with Crippen LogP contribution in [0.1, 0.15) is 22.8 Å². The van der Waals surface area contributed by atoms with Gasteiger partial charge in [-0.15, -0.1) is 0 Å². The SMILES string of the molecule is COS(=O)(=O)c1cc2c(c(C(C)=O)c1)NC(=O)C2. The zero-order chi connectivity index (χ0) is 13.5. The molecule has 0 saturated heterocycles. The molecule has 1 aliphatic rings. The molecule has 96 valence electrons. The van der Waals surface area contributed by atoms with E-state index in [1.807, 2.05) is 0 Å². The van der Waals surface area contributed by atoms with Gasteiger partial charge in [0.25, 0.3) is 10.1 Å². The third-order valence-corrected chi connectivity index (χ3v) is 3.95. The summed E-state index contributed by atoms with van der Waals surface area (Å²) in [5, 5.41) is 2.55. The Morgan fingerprint density at radius 1 is 1.39 bits per heavy atom. The quantitative estimate of drug-likeness (QED) is 0.645. The summed E-state index contributed by atoms with van der Waals surface area (Å²) < 4.78 is 27.6. The number of hydrogen-bond acceptors (Lipinski definition) is 5. The molecule has 0 aromatic heterocycles. The average molecular weight is 269 g/mol. The molecule has 0 bridgehead atoms. The van der Waals surface area contributed by atoms with Gasteiger partial charge in [-0.3, -0.25) is 13.8 Å². The molecule has 0 radical (unpaired) electrons. The van der Waals surface area contributed by atoms with Gasteiger partial charge in [0.15, 0.2) is 5.78 Å². The standard InChI is InChI=1S/C11H11NO5S/c1-6(13)9-5-8(18(15,16)17-2)3-7-4-10(14)12-11(7)9/h3,5H,4H2,1-2H3,(H,12,14). The highest BCUT2D eigenvalue weighted by atomic mass is 32.2. The van der Waals surface area contributed by atoms with Crippen molar-refractivity contribution < 1.29 is 22.2 Å². The number of carbonyl (C=O) groups is 2. The Morgan fingerprint density at radius 3 is 2.61 bits per heavy atom. The molecule has 7 heteroatoms. The number of anilines is 1. The van der Waals surface area contributed by atoms with Crippen LogP contribution in [0.2, 0.25) is 0 Å². The van der Waals surface area contributed by atoms with Crippen molar-refractivity contribution in [3.8, 4) is 0 Å². The van der Waals surface area contributed by atoms with Crippen molar-refractivity contribution in [3.63, 3.8) is 0 Å². The molecule has 1 aliphatic heterocycles. The highest BCUT2D eigenvalue weighted by molar-refractivity contribution is 7.86. The Kier molecular flexibility index (Phi) is 2.95. The molecule has 0 atom stereocenters. The predicted octanol–water partition coefficient (Wildman–Crippen LogP) is 0.719. The summed E-state index contributed by atoms with van der Waals surface area (Å²) >= 11 is 0. The fourth-order valence-electron chi connectivity index (χ4n) is 1.83. The molecule has 1 aromatic rings. The second-order valence-corrected chi connectivity index (χ2v) is 5.62. The molecule has 1 N–H and O–H groups in total. The number of Topliss-reactive ketones (excluding diaryl/α,β-unsaturated/α-hetero) is 1. The monoisotopic (exact) mass is 269 g/mol. The van der Waals surface area contributed by atoms with Crippen molar-refractivity contribution in [2.45, 2.75) is 18.2 Å². The Bertz CT molecular complexity index is 648. The average Bonchev–Trinajstić information content (AvgIpc) is 2.67. The second-order valence-electron chi connectivity index (χ2n) is 3.91. The Balaban J connectivity index is 2.69. The number of benzene rings is 1.